The summed E-state index contributed by atoms with van der Waals surface area (Å²) in [5.41, 5.74) is 6.71. The maximum absolute atomic E-state index is 5.72. The molecule has 0 radical (unpaired) electrons. The lowest BCUT2D eigenvalue weighted by molar-refractivity contribution is 0.177. The van der Waals surface area contributed by atoms with Gasteiger partial charge in [0, 0.05) is 17.6 Å². The van der Waals surface area contributed by atoms with Crippen LogP contribution in [0.2, 0.25) is 0 Å². The minimum atomic E-state index is 0.292. The number of rotatable bonds is 4. The van der Waals surface area contributed by atoms with Crippen LogP contribution in [-0.4, -0.2) is 17.1 Å². The monoisotopic (exact) mass is 323 g/mol. The van der Waals surface area contributed by atoms with Crippen molar-refractivity contribution in [1.82, 2.24) is 9.97 Å². The highest BCUT2D eigenvalue weighted by atomic mass is 79.9. The number of ether oxygens (including phenoxy) is 2. The summed E-state index contributed by atoms with van der Waals surface area (Å²) in [4.78, 5) is 8.29. The van der Waals surface area contributed by atoms with Gasteiger partial charge in [-0.1, -0.05) is 15.9 Å². The van der Waals surface area contributed by atoms with E-state index < -0.39 is 0 Å². The van der Waals surface area contributed by atoms with Crippen molar-refractivity contribution in [3.63, 3.8) is 0 Å². The van der Waals surface area contributed by atoms with Crippen LogP contribution in [0.3, 0.4) is 0 Å². The summed E-state index contributed by atoms with van der Waals surface area (Å²) >= 11 is 3.41. The van der Waals surface area contributed by atoms with Crippen molar-refractivity contribution in [3.05, 3.63) is 40.1 Å². The van der Waals surface area contributed by atoms with Gasteiger partial charge in [0.15, 0.2) is 5.82 Å². The molecule has 0 spiro atoms. The molecule has 0 unspecified atom stereocenters. The first-order valence-corrected chi connectivity index (χ1v) is 6.44. The molecule has 1 aromatic carbocycles. The highest BCUT2D eigenvalue weighted by molar-refractivity contribution is 9.10. The van der Waals surface area contributed by atoms with Crippen LogP contribution < -0.4 is 10.5 Å². The van der Waals surface area contributed by atoms with Crippen LogP contribution in [0.1, 0.15) is 11.4 Å². The number of hydrogen-bond donors (Lipinski definition) is 1. The number of nitrogens with zero attached hydrogens (tertiary/aromatic N) is 2. The zero-order chi connectivity index (χ0) is 13.8. The third-order valence-corrected chi connectivity index (χ3v) is 2.89. The van der Waals surface area contributed by atoms with E-state index in [0.717, 1.165) is 15.8 Å². The first-order valence-electron chi connectivity index (χ1n) is 5.65. The summed E-state index contributed by atoms with van der Waals surface area (Å²) in [6.07, 6.45) is 0. The van der Waals surface area contributed by atoms with Crippen LogP contribution >= 0.6 is 15.9 Å². The third-order valence-electron chi connectivity index (χ3n) is 2.39. The van der Waals surface area contributed by atoms with E-state index in [4.69, 9.17) is 15.2 Å². The molecule has 0 aliphatic heterocycles. The lowest BCUT2D eigenvalue weighted by Gasteiger charge is -2.09. The summed E-state index contributed by atoms with van der Waals surface area (Å²) in [5, 5.41) is 0. The molecule has 0 saturated heterocycles. The topological polar surface area (TPSA) is 70.3 Å². The highest BCUT2D eigenvalue weighted by Crippen LogP contribution is 2.27. The Morgan fingerprint density at radius 2 is 2.05 bits per heavy atom. The molecular weight excluding hydrogens is 310 g/mol. The van der Waals surface area contributed by atoms with Gasteiger partial charge in [0.1, 0.15) is 18.2 Å². The van der Waals surface area contributed by atoms with E-state index >= 15 is 0 Å². The average molecular weight is 324 g/mol. The molecule has 0 atom stereocenters. The number of hydrogen-bond acceptors (Lipinski definition) is 5. The molecule has 0 amide bonds. The van der Waals surface area contributed by atoms with E-state index in [-0.39, 0.29) is 0 Å². The second-order valence-corrected chi connectivity index (χ2v) is 4.91. The van der Waals surface area contributed by atoms with Gasteiger partial charge in [0.05, 0.1) is 0 Å². The second kappa shape index (κ2) is 5.99. The van der Waals surface area contributed by atoms with Crippen molar-refractivity contribution in [2.75, 3.05) is 12.8 Å². The van der Waals surface area contributed by atoms with Gasteiger partial charge in [0.2, 0.25) is 5.88 Å². The Kier molecular flexibility index (Phi) is 4.34. The molecule has 0 saturated carbocycles. The zero-order valence-corrected chi connectivity index (χ0v) is 12.3. The summed E-state index contributed by atoms with van der Waals surface area (Å²) < 4.78 is 11.7. The van der Waals surface area contributed by atoms with Crippen LogP contribution in [-0.2, 0) is 11.3 Å². The molecule has 100 valence electrons. The Balaban J connectivity index is 2.27. The molecule has 5 nitrogen and oxygen atoms in total. The molecule has 1 heterocycles. The van der Waals surface area contributed by atoms with Gasteiger partial charge < -0.3 is 15.2 Å². The molecule has 2 N–H and O–H groups in total. The minimum absolute atomic E-state index is 0.292. The van der Waals surface area contributed by atoms with E-state index in [1.807, 2.05) is 25.1 Å². The number of aryl methyl sites for hydroxylation is 1. The van der Waals surface area contributed by atoms with Crippen molar-refractivity contribution in [2.24, 2.45) is 0 Å². The fourth-order valence-electron chi connectivity index (χ4n) is 1.58. The number of nitrogen functional groups attached to an aromatic ring is 1. The number of aromatic nitrogens is 2. The van der Waals surface area contributed by atoms with E-state index in [2.05, 4.69) is 25.9 Å². The average Bonchev–Trinajstić information content (AvgIpc) is 2.32. The Bertz CT molecular complexity index is 590. The smallest absolute Gasteiger partial charge is 0.224 e. The predicted molar refractivity (Wildman–Crippen MR) is 76.1 cm³/mol. The lowest BCUT2D eigenvalue weighted by atomic mass is 10.2. The molecule has 1 aromatic heterocycles. The van der Waals surface area contributed by atoms with Crippen LogP contribution in [0.25, 0.3) is 0 Å². The van der Waals surface area contributed by atoms with Crippen LogP contribution in [0, 0.1) is 6.92 Å². The standard InChI is InChI=1S/C13H14BrN3O2/c1-8-5-9(14)3-4-10(8)19-13-6-11(15)16-12(17-13)7-18-2/h3-6H,7H2,1-2H3,(H2,15,16,17). The van der Waals surface area contributed by atoms with Gasteiger partial charge >= 0.3 is 0 Å². The normalized spacial score (nSPS) is 10.5. The minimum Gasteiger partial charge on any atom is -0.439 e. The summed E-state index contributed by atoms with van der Waals surface area (Å²) in [7, 11) is 1.58. The number of nitrogens with two attached hydrogens (primary N) is 1. The highest BCUT2D eigenvalue weighted by Gasteiger charge is 2.07. The summed E-state index contributed by atoms with van der Waals surface area (Å²) in [5.74, 6) is 1.98. The number of halogens is 1. The maximum Gasteiger partial charge on any atom is 0.224 e. The fourth-order valence-corrected chi connectivity index (χ4v) is 2.05. The van der Waals surface area contributed by atoms with E-state index in [9.17, 15) is 0 Å². The van der Waals surface area contributed by atoms with Gasteiger partial charge in [-0.25, -0.2) is 4.98 Å². The van der Waals surface area contributed by atoms with Crippen molar-refractivity contribution < 1.29 is 9.47 Å². The molecule has 19 heavy (non-hydrogen) atoms. The van der Waals surface area contributed by atoms with Crippen LogP contribution in [0.15, 0.2) is 28.7 Å². The van der Waals surface area contributed by atoms with Crippen LogP contribution in [0.5, 0.6) is 11.6 Å². The molecule has 2 rings (SSSR count). The summed E-state index contributed by atoms with van der Waals surface area (Å²) in [6.45, 7) is 2.25. The van der Waals surface area contributed by atoms with Gasteiger partial charge in [-0.05, 0) is 30.7 Å². The first-order chi connectivity index (χ1) is 9.08. The molecule has 2 aromatic rings. The molecule has 0 aliphatic carbocycles. The zero-order valence-electron chi connectivity index (χ0n) is 10.7. The molecule has 0 bridgehead atoms. The van der Waals surface area contributed by atoms with E-state index in [1.165, 1.54) is 0 Å². The van der Waals surface area contributed by atoms with Crippen molar-refractivity contribution >= 4 is 21.7 Å². The quantitative estimate of drug-likeness (QED) is 0.936. The van der Waals surface area contributed by atoms with Gasteiger partial charge in [-0.3, -0.25) is 0 Å². The number of methoxy groups -OCH3 is 1. The fraction of sp³-hybridized carbons (Fsp3) is 0.231. The molecule has 0 aliphatic rings. The van der Waals surface area contributed by atoms with Crippen LogP contribution in [0.4, 0.5) is 5.82 Å². The lowest BCUT2D eigenvalue weighted by Crippen LogP contribution is -2.02. The Hall–Kier alpha value is -1.66. The molecule has 0 fully saturated rings. The van der Waals surface area contributed by atoms with Gasteiger partial charge in [-0.15, -0.1) is 0 Å². The molecule has 6 heteroatoms. The number of anilines is 1. The Morgan fingerprint density at radius 3 is 2.74 bits per heavy atom. The van der Waals surface area contributed by atoms with Crippen molar-refractivity contribution in [1.29, 1.82) is 0 Å². The first kappa shape index (κ1) is 13.8. The largest absolute Gasteiger partial charge is 0.439 e. The Labute approximate surface area is 119 Å². The second-order valence-electron chi connectivity index (χ2n) is 3.99. The predicted octanol–water partition coefficient (Wildman–Crippen LogP) is 3.07. The van der Waals surface area contributed by atoms with Crippen molar-refractivity contribution in [2.45, 2.75) is 13.5 Å². The maximum atomic E-state index is 5.72. The Morgan fingerprint density at radius 1 is 1.26 bits per heavy atom. The summed E-state index contributed by atoms with van der Waals surface area (Å²) in [6, 6.07) is 7.33. The van der Waals surface area contributed by atoms with Gasteiger partial charge in [-0.2, -0.15) is 4.98 Å². The third kappa shape index (κ3) is 3.65. The van der Waals surface area contributed by atoms with E-state index in [0.29, 0.717) is 24.1 Å². The van der Waals surface area contributed by atoms with E-state index in [1.54, 1.807) is 13.2 Å². The molecular formula is C13H14BrN3O2. The van der Waals surface area contributed by atoms with Crippen molar-refractivity contribution in [3.8, 4) is 11.6 Å². The number of benzene rings is 1. The van der Waals surface area contributed by atoms with Gasteiger partial charge in [0.25, 0.3) is 0 Å². The SMILES string of the molecule is COCc1nc(N)cc(Oc2ccc(Br)cc2C)n1.